The number of nitrogens with zero attached hydrogens (tertiary/aromatic N) is 6. The zero-order chi connectivity index (χ0) is 19.2. The molecule has 138 valence electrons. The van der Waals surface area contributed by atoms with E-state index in [4.69, 9.17) is 14.7 Å². The van der Waals surface area contributed by atoms with Crippen LogP contribution in [0.2, 0.25) is 0 Å². The third kappa shape index (κ3) is 4.23. The molecule has 0 N–H and O–H groups in total. The maximum absolute atomic E-state index is 8.88. The summed E-state index contributed by atoms with van der Waals surface area (Å²) in [6.45, 7) is 2.19. The maximum atomic E-state index is 8.88. The van der Waals surface area contributed by atoms with Crippen LogP contribution < -0.4 is 9.47 Å². The summed E-state index contributed by atoms with van der Waals surface area (Å²) in [6, 6.07) is 9.61. The number of pyridine rings is 1. The van der Waals surface area contributed by atoms with E-state index in [9.17, 15) is 0 Å². The Kier molecular flexibility index (Phi) is 5.98. The van der Waals surface area contributed by atoms with Crippen LogP contribution in [0.1, 0.15) is 23.9 Å². The average molecular weight is 429 g/mol. The molecule has 2 aromatic heterocycles. The summed E-state index contributed by atoms with van der Waals surface area (Å²) in [5, 5.41) is 20.7. The smallest absolute Gasteiger partial charge is 0.195 e. The molecule has 0 unspecified atom stereocenters. The minimum atomic E-state index is 0.123. The van der Waals surface area contributed by atoms with Crippen molar-refractivity contribution in [1.82, 2.24) is 25.2 Å². The number of ether oxygens (including phenoxy) is 2. The summed E-state index contributed by atoms with van der Waals surface area (Å²) in [5.74, 6) is 2.18. The molecule has 9 heteroatoms. The number of halogens is 1. The van der Waals surface area contributed by atoms with E-state index in [1.165, 1.54) is 0 Å². The molecule has 2 heterocycles. The van der Waals surface area contributed by atoms with E-state index < -0.39 is 0 Å². The molecule has 0 atom stereocenters. The molecule has 0 aliphatic rings. The monoisotopic (exact) mass is 428 g/mol. The molecule has 3 rings (SSSR count). The zero-order valence-corrected chi connectivity index (χ0v) is 16.5. The second-order valence-corrected chi connectivity index (χ2v) is 6.47. The molecule has 0 radical (unpaired) electrons. The predicted octanol–water partition coefficient (Wildman–Crippen LogP) is 3.04. The largest absolute Gasteiger partial charge is 0.493 e. The number of aryl methyl sites for hydroxylation is 1. The topological polar surface area (TPSA) is 98.7 Å². The lowest BCUT2D eigenvalue weighted by atomic mass is 10.1. The first-order valence-electron chi connectivity index (χ1n) is 8.25. The van der Waals surface area contributed by atoms with Crippen LogP contribution in [0.15, 0.2) is 34.9 Å². The molecule has 0 saturated heterocycles. The van der Waals surface area contributed by atoms with E-state index in [1.54, 1.807) is 24.1 Å². The fourth-order valence-electron chi connectivity index (χ4n) is 2.51. The van der Waals surface area contributed by atoms with E-state index in [2.05, 4.69) is 49.4 Å². The second-order valence-electron chi connectivity index (χ2n) is 5.62. The number of rotatable bonds is 7. The number of tetrazole rings is 1. The molecular formula is C18H17BrN6O2. The highest BCUT2D eigenvalue weighted by Gasteiger charge is 2.15. The standard InChI is InChI=1S/C18H17BrN6O2/c1-3-12-5-7-21-16(10-12)25-17(22-23-24-25)11-27-18-14(19)8-13(4-6-20)9-15(18)26-2/h5,7-10H,3-4,11H2,1-2H3. The Morgan fingerprint density at radius 2 is 2.11 bits per heavy atom. The Labute approximate surface area is 164 Å². The van der Waals surface area contributed by atoms with Crippen LogP contribution in [0, 0.1) is 11.3 Å². The molecule has 0 aliphatic carbocycles. The Hall–Kier alpha value is -2.99. The van der Waals surface area contributed by atoms with Gasteiger partial charge in [0, 0.05) is 6.20 Å². The molecule has 3 aromatic rings. The van der Waals surface area contributed by atoms with Crippen molar-refractivity contribution in [3.63, 3.8) is 0 Å². The summed E-state index contributed by atoms with van der Waals surface area (Å²) >= 11 is 3.47. The lowest BCUT2D eigenvalue weighted by molar-refractivity contribution is 0.271. The molecular weight excluding hydrogens is 412 g/mol. The van der Waals surface area contributed by atoms with Crippen LogP contribution in [-0.2, 0) is 19.4 Å². The highest BCUT2D eigenvalue weighted by Crippen LogP contribution is 2.37. The molecule has 0 aliphatic heterocycles. The van der Waals surface area contributed by atoms with Crippen LogP contribution in [0.5, 0.6) is 11.5 Å². The van der Waals surface area contributed by atoms with E-state index in [0.717, 1.165) is 17.5 Å². The van der Waals surface area contributed by atoms with Gasteiger partial charge in [-0.25, -0.2) is 4.98 Å². The van der Waals surface area contributed by atoms with Crippen LogP contribution in [0.25, 0.3) is 5.82 Å². The number of hydrogen-bond acceptors (Lipinski definition) is 7. The van der Waals surface area contributed by atoms with Crippen LogP contribution in [-0.4, -0.2) is 32.3 Å². The maximum Gasteiger partial charge on any atom is 0.195 e. The third-order valence-electron chi connectivity index (χ3n) is 3.89. The van der Waals surface area contributed by atoms with Gasteiger partial charge in [0.2, 0.25) is 0 Å². The number of methoxy groups -OCH3 is 1. The summed E-state index contributed by atoms with van der Waals surface area (Å²) in [6.07, 6.45) is 2.91. The van der Waals surface area contributed by atoms with Gasteiger partial charge in [-0.1, -0.05) is 6.92 Å². The number of hydrogen-bond donors (Lipinski definition) is 0. The van der Waals surface area contributed by atoms with Crippen LogP contribution >= 0.6 is 15.9 Å². The van der Waals surface area contributed by atoms with E-state index >= 15 is 0 Å². The summed E-state index contributed by atoms with van der Waals surface area (Å²) in [5.41, 5.74) is 1.97. The van der Waals surface area contributed by atoms with Gasteiger partial charge in [0.1, 0.15) is 0 Å². The van der Waals surface area contributed by atoms with Crippen molar-refractivity contribution >= 4 is 15.9 Å². The lowest BCUT2D eigenvalue weighted by Gasteiger charge is -2.13. The van der Waals surface area contributed by atoms with Crippen molar-refractivity contribution < 1.29 is 9.47 Å². The first kappa shape index (κ1) is 18.8. The third-order valence-corrected chi connectivity index (χ3v) is 4.48. The van der Waals surface area contributed by atoms with E-state index in [-0.39, 0.29) is 13.0 Å². The molecule has 8 nitrogen and oxygen atoms in total. The fourth-order valence-corrected chi connectivity index (χ4v) is 3.12. The van der Waals surface area contributed by atoms with Gasteiger partial charge in [0.15, 0.2) is 29.7 Å². The van der Waals surface area contributed by atoms with Crippen LogP contribution in [0.3, 0.4) is 0 Å². The minimum absolute atomic E-state index is 0.123. The minimum Gasteiger partial charge on any atom is -0.493 e. The van der Waals surface area contributed by atoms with Crippen molar-refractivity contribution in [3.05, 3.63) is 51.9 Å². The second kappa shape index (κ2) is 8.60. The SMILES string of the molecule is CCc1ccnc(-n2nnnc2COc2c(Br)cc(CC#N)cc2OC)c1. The van der Waals surface area contributed by atoms with Crippen molar-refractivity contribution in [2.75, 3.05) is 7.11 Å². The predicted molar refractivity (Wildman–Crippen MR) is 101 cm³/mol. The van der Waals surface area contributed by atoms with Gasteiger partial charge < -0.3 is 9.47 Å². The zero-order valence-electron chi connectivity index (χ0n) is 14.9. The quantitative estimate of drug-likeness (QED) is 0.569. The molecule has 0 saturated carbocycles. The fraction of sp³-hybridized carbons (Fsp3) is 0.278. The van der Waals surface area contributed by atoms with Gasteiger partial charge in [-0.15, -0.1) is 5.10 Å². The number of nitriles is 1. The lowest BCUT2D eigenvalue weighted by Crippen LogP contribution is -2.09. The van der Waals surface area contributed by atoms with Gasteiger partial charge in [-0.2, -0.15) is 9.94 Å². The Balaban J connectivity index is 1.84. The molecule has 0 fully saturated rings. The molecule has 0 bridgehead atoms. The van der Waals surface area contributed by atoms with Crippen molar-refractivity contribution in [3.8, 4) is 23.4 Å². The highest BCUT2D eigenvalue weighted by molar-refractivity contribution is 9.10. The summed E-state index contributed by atoms with van der Waals surface area (Å²) < 4.78 is 13.5. The summed E-state index contributed by atoms with van der Waals surface area (Å²) in [7, 11) is 1.55. The highest BCUT2D eigenvalue weighted by atomic mass is 79.9. The molecule has 0 spiro atoms. The molecule has 0 amide bonds. The van der Waals surface area contributed by atoms with E-state index in [1.807, 2.05) is 18.2 Å². The Morgan fingerprint density at radius 3 is 2.85 bits per heavy atom. The van der Waals surface area contributed by atoms with Gasteiger partial charge in [-0.3, -0.25) is 0 Å². The first-order chi connectivity index (χ1) is 13.2. The van der Waals surface area contributed by atoms with Gasteiger partial charge >= 0.3 is 0 Å². The summed E-state index contributed by atoms with van der Waals surface area (Å²) in [4.78, 5) is 4.33. The number of benzene rings is 1. The Bertz CT molecular complexity index is 982. The average Bonchev–Trinajstić information content (AvgIpc) is 3.15. The van der Waals surface area contributed by atoms with Crippen LogP contribution in [0.4, 0.5) is 0 Å². The molecule has 1 aromatic carbocycles. The van der Waals surface area contributed by atoms with Crippen molar-refractivity contribution in [2.45, 2.75) is 26.4 Å². The van der Waals surface area contributed by atoms with E-state index in [0.29, 0.717) is 27.6 Å². The molecule has 27 heavy (non-hydrogen) atoms. The van der Waals surface area contributed by atoms with Crippen molar-refractivity contribution in [2.24, 2.45) is 0 Å². The van der Waals surface area contributed by atoms with Crippen molar-refractivity contribution in [1.29, 1.82) is 5.26 Å². The normalized spacial score (nSPS) is 10.4. The van der Waals surface area contributed by atoms with Gasteiger partial charge in [-0.05, 0) is 68.2 Å². The first-order valence-corrected chi connectivity index (χ1v) is 9.04. The van der Waals surface area contributed by atoms with Gasteiger partial charge in [0.25, 0.3) is 0 Å². The number of aromatic nitrogens is 5. The van der Waals surface area contributed by atoms with Gasteiger partial charge in [0.05, 0.1) is 24.1 Å². The Morgan fingerprint density at radius 1 is 1.26 bits per heavy atom.